The number of hydrogen-bond acceptors (Lipinski definition) is 5. The number of thiazole rings is 1. The van der Waals surface area contributed by atoms with Crippen molar-refractivity contribution in [2.45, 2.75) is 6.54 Å². The van der Waals surface area contributed by atoms with Crippen LogP contribution in [0.4, 0.5) is 0 Å². The second kappa shape index (κ2) is 3.44. The first-order valence-corrected chi connectivity index (χ1v) is 4.49. The monoisotopic (exact) mass is 194 g/mol. The van der Waals surface area contributed by atoms with Crippen LogP contribution in [0.15, 0.2) is 17.9 Å². The molecule has 0 aromatic carbocycles. The minimum Gasteiger partial charge on any atom is -0.296 e. The molecule has 0 spiro atoms. The maximum absolute atomic E-state index is 10.3. The molecule has 0 saturated carbocycles. The minimum atomic E-state index is 0.351. The molecule has 0 radical (unpaired) electrons. The molecule has 0 unspecified atom stereocenters. The predicted octanol–water partition coefficient (Wildman–Crippen LogP) is 0.595. The SMILES string of the molecule is O=Cc1cn(Cc2cncs2)nn1. The van der Waals surface area contributed by atoms with Crippen LogP contribution in [0.1, 0.15) is 15.4 Å². The zero-order valence-corrected chi connectivity index (χ0v) is 7.44. The van der Waals surface area contributed by atoms with Crippen LogP contribution in [0.2, 0.25) is 0 Å². The maximum Gasteiger partial charge on any atom is 0.171 e. The average molecular weight is 194 g/mol. The summed E-state index contributed by atoms with van der Waals surface area (Å²) in [4.78, 5) is 15.3. The number of aldehydes is 1. The van der Waals surface area contributed by atoms with E-state index in [9.17, 15) is 4.79 Å². The Kier molecular flexibility index (Phi) is 2.13. The second-order valence-corrected chi connectivity index (χ2v) is 3.40. The highest BCUT2D eigenvalue weighted by molar-refractivity contribution is 7.09. The Balaban J connectivity index is 2.14. The summed E-state index contributed by atoms with van der Waals surface area (Å²) in [5.41, 5.74) is 2.11. The van der Waals surface area contributed by atoms with Gasteiger partial charge in [0.1, 0.15) is 5.69 Å². The van der Waals surface area contributed by atoms with Gasteiger partial charge in [0.2, 0.25) is 0 Å². The van der Waals surface area contributed by atoms with Gasteiger partial charge in [0.05, 0.1) is 18.3 Å². The molecule has 5 nitrogen and oxygen atoms in total. The van der Waals surface area contributed by atoms with E-state index >= 15 is 0 Å². The summed E-state index contributed by atoms with van der Waals surface area (Å²) in [7, 11) is 0. The smallest absolute Gasteiger partial charge is 0.171 e. The molecular formula is C7H6N4OS. The van der Waals surface area contributed by atoms with Crippen molar-refractivity contribution in [3.05, 3.63) is 28.5 Å². The summed E-state index contributed by atoms with van der Waals surface area (Å²) in [6.07, 6.45) is 4.05. The van der Waals surface area contributed by atoms with Crippen molar-refractivity contribution in [3.8, 4) is 0 Å². The van der Waals surface area contributed by atoms with E-state index in [1.54, 1.807) is 33.9 Å². The van der Waals surface area contributed by atoms with Crippen molar-refractivity contribution in [3.63, 3.8) is 0 Å². The van der Waals surface area contributed by atoms with Crippen LogP contribution in [-0.4, -0.2) is 26.3 Å². The third kappa shape index (κ3) is 1.78. The van der Waals surface area contributed by atoms with Crippen molar-refractivity contribution in [1.82, 2.24) is 20.0 Å². The van der Waals surface area contributed by atoms with E-state index in [0.717, 1.165) is 4.88 Å². The summed E-state index contributed by atoms with van der Waals surface area (Å²) in [5, 5.41) is 7.42. The van der Waals surface area contributed by atoms with Gasteiger partial charge in [-0.25, -0.2) is 4.68 Å². The second-order valence-electron chi connectivity index (χ2n) is 2.43. The van der Waals surface area contributed by atoms with Crippen molar-refractivity contribution >= 4 is 17.6 Å². The van der Waals surface area contributed by atoms with Crippen molar-refractivity contribution < 1.29 is 4.79 Å². The largest absolute Gasteiger partial charge is 0.296 e. The van der Waals surface area contributed by atoms with E-state index in [2.05, 4.69) is 15.3 Å². The van der Waals surface area contributed by atoms with Crippen molar-refractivity contribution in [2.75, 3.05) is 0 Å². The molecule has 13 heavy (non-hydrogen) atoms. The number of rotatable bonds is 3. The van der Waals surface area contributed by atoms with Gasteiger partial charge in [0.25, 0.3) is 0 Å². The van der Waals surface area contributed by atoms with Gasteiger partial charge < -0.3 is 0 Å². The third-order valence-electron chi connectivity index (χ3n) is 1.48. The summed E-state index contributed by atoms with van der Waals surface area (Å²) in [5.74, 6) is 0. The van der Waals surface area contributed by atoms with E-state index in [1.165, 1.54) is 0 Å². The molecule has 0 fully saturated rings. The van der Waals surface area contributed by atoms with Crippen LogP contribution >= 0.6 is 11.3 Å². The molecule has 2 aromatic heterocycles. The number of aromatic nitrogens is 4. The van der Waals surface area contributed by atoms with Gasteiger partial charge in [0, 0.05) is 11.1 Å². The van der Waals surface area contributed by atoms with E-state index in [4.69, 9.17) is 0 Å². The van der Waals surface area contributed by atoms with Crippen LogP contribution < -0.4 is 0 Å². The predicted molar refractivity (Wildman–Crippen MR) is 46.6 cm³/mol. The lowest BCUT2D eigenvalue weighted by Gasteiger charge is -1.93. The molecule has 0 saturated heterocycles. The van der Waals surface area contributed by atoms with Crippen LogP contribution in [0.3, 0.4) is 0 Å². The molecule has 0 aliphatic rings. The molecule has 2 rings (SSSR count). The molecule has 2 aromatic rings. The van der Waals surface area contributed by atoms with Gasteiger partial charge in [-0.2, -0.15) is 0 Å². The van der Waals surface area contributed by atoms with Gasteiger partial charge in [0.15, 0.2) is 6.29 Å². The Morgan fingerprint density at radius 1 is 1.62 bits per heavy atom. The number of hydrogen-bond donors (Lipinski definition) is 0. The quantitative estimate of drug-likeness (QED) is 0.671. The lowest BCUT2D eigenvalue weighted by atomic mass is 10.5. The standard InChI is InChI=1S/C7H6N4OS/c12-4-6-2-11(10-9-6)3-7-1-8-5-13-7/h1-2,4-5H,3H2. The normalized spacial score (nSPS) is 10.2. The molecular weight excluding hydrogens is 188 g/mol. The van der Waals surface area contributed by atoms with Crippen molar-refractivity contribution in [2.24, 2.45) is 0 Å². The molecule has 0 aliphatic carbocycles. The third-order valence-corrected chi connectivity index (χ3v) is 2.24. The Morgan fingerprint density at radius 2 is 2.54 bits per heavy atom. The summed E-state index contributed by atoms with van der Waals surface area (Å²) in [6, 6.07) is 0. The van der Waals surface area contributed by atoms with Crippen LogP contribution in [0, 0.1) is 0 Å². The molecule has 0 bridgehead atoms. The van der Waals surface area contributed by atoms with Gasteiger partial charge in [-0.05, 0) is 0 Å². The fourth-order valence-electron chi connectivity index (χ4n) is 0.925. The maximum atomic E-state index is 10.3. The molecule has 66 valence electrons. The Hall–Kier alpha value is -1.56. The highest BCUT2D eigenvalue weighted by Crippen LogP contribution is 2.06. The molecule has 0 aliphatic heterocycles. The highest BCUT2D eigenvalue weighted by Gasteiger charge is 2.00. The zero-order chi connectivity index (χ0) is 9.10. The van der Waals surface area contributed by atoms with Gasteiger partial charge in [-0.3, -0.25) is 9.78 Å². The first-order chi connectivity index (χ1) is 6.38. The summed E-state index contributed by atoms with van der Waals surface area (Å²) >= 11 is 1.55. The van der Waals surface area contributed by atoms with Crippen LogP contribution in [0.5, 0.6) is 0 Å². The molecule has 0 amide bonds. The fourth-order valence-corrected chi connectivity index (χ4v) is 1.51. The number of carbonyl (C=O) groups excluding carboxylic acids is 1. The molecule has 6 heteroatoms. The summed E-state index contributed by atoms with van der Waals surface area (Å²) < 4.78 is 1.61. The fraction of sp³-hybridized carbons (Fsp3) is 0.143. The highest BCUT2D eigenvalue weighted by atomic mass is 32.1. The summed E-state index contributed by atoms with van der Waals surface area (Å²) in [6.45, 7) is 0.617. The molecule has 0 N–H and O–H groups in total. The molecule has 0 atom stereocenters. The van der Waals surface area contributed by atoms with E-state index in [1.807, 2.05) is 0 Å². The Morgan fingerprint density at radius 3 is 3.15 bits per heavy atom. The van der Waals surface area contributed by atoms with E-state index in [0.29, 0.717) is 18.5 Å². The first-order valence-electron chi connectivity index (χ1n) is 3.61. The lowest BCUT2D eigenvalue weighted by Crippen LogP contribution is -1.98. The lowest BCUT2D eigenvalue weighted by molar-refractivity contribution is 0.111. The van der Waals surface area contributed by atoms with Crippen molar-refractivity contribution in [1.29, 1.82) is 0 Å². The number of nitrogens with zero attached hydrogens (tertiary/aromatic N) is 4. The Labute approximate surface area is 78.0 Å². The molecule has 2 heterocycles. The average Bonchev–Trinajstić information content (AvgIpc) is 2.76. The minimum absolute atomic E-state index is 0.351. The Bertz CT molecular complexity index is 394. The van der Waals surface area contributed by atoms with E-state index < -0.39 is 0 Å². The van der Waals surface area contributed by atoms with E-state index in [-0.39, 0.29) is 0 Å². The van der Waals surface area contributed by atoms with Crippen LogP contribution in [-0.2, 0) is 6.54 Å². The van der Waals surface area contributed by atoms with Gasteiger partial charge >= 0.3 is 0 Å². The first kappa shape index (κ1) is 8.06. The zero-order valence-electron chi connectivity index (χ0n) is 6.62. The van der Waals surface area contributed by atoms with Crippen LogP contribution in [0.25, 0.3) is 0 Å². The number of carbonyl (C=O) groups is 1. The van der Waals surface area contributed by atoms with Gasteiger partial charge in [-0.15, -0.1) is 16.4 Å². The van der Waals surface area contributed by atoms with Gasteiger partial charge in [-0.1, -0.05) is 5.21 Å². The topological polar surface area (TPSA) is 60.7 Å².